The number of carbonyl (C=O) groups excluding carboxylic acids is 3. The Morgan fingerprint density at radius 3 is 2.29 bits per heavy atom. The molecule has 0 aromatic heterocycles. The summed E-state index contributed by atoms with van der Waals surface area (Å²) in [7, 11) is 0. The van der Waals surface area contributed by atoms with E-state index < -0.39 is 11.6 Å². The van der Waals surface area contributed by atoms with E-state index >= 15 is 0 Å². The monoisotopic (exact) mass is 435 g/mol. The Balaban J connectivity index is 1.25. The predicted molar refractivity (Wildman–Crippen MR) is 108 cm³/mol. The van der Waals surface area contributed by atoms with Crippen LogP contribution in [-0.4, -0.2) is 59.4 Å². The number of nitrogens with one attached hydrogen (secondary N) is 2. The Labute approximate surface area is 182 Å². The van der Waals surface area contributed by atoms with E-state index in [1.165, 1.54) is 6.92 Å². The lowest BCUT2D eigenvalue weighted by molar-refractivity contribution is -0.391. The lowest BCUT2D eigenvalue weighted by Gasteiger charge is -2.62. The zero-order valence-corrected chi connectivity index (χ0v) is 18.4. The van der Waals surface area contributed by atoms with Crippen LogP contribution >= 0.6 is 0 Å². The van der Waals surface area contributed by atoms with Crippen molar-refractivity contribution in [3.05, 3.63) is 0 Å². The van der Waals surface area contributed by atoms with Crippen molar-refractivity contribution in [1.82, 2.24) is 15.5 Å². The smallest absolute Gasteiger partial charge is 0.222 e. The quantitative estimate of drug-likeness (QED) is 0.643. The maximum atomic E-state index is 12.6. The van der Waals surface area contributed by atoms with Crippen LogP contribution in [0.25, 0.3) is 0 Å². The van der Waals surface area contributed by atoms with E-state index in [4.69, 9.17) is 14.5 Å². The van der Waals surface area contributed by atoms with Gasteiger partial charge in [0.15, 0.2) is 0 Å². The first-order valence-corrected chi connectivity index (χ1v) is 11.6. The molecule has 2 heterocycles. The topological polar surface area (TPSA) is 106 Å². The summed E-state index contributed by atoms with van der Waals surface area (Å²) in [5.74, 6) is -0.642. The van der Waals surface area contributed by atoms with Crippen molar-refractivity contribution in [2.24, 2.45) is 17.8 Å². The molecule has 3 amide bonds. The van der Waals surface area contributed by atoms with Crippen LogP contribution in [-0.2, 0) is 28.9 Å². The number of hydrogen-bond donors (Lipinski definition) is 2. The third kappa shape index (κ3) is 3.64. The van der Waals surface area contributed by atoms with E-state index in [1.807, 2.05) is 4.90 Å². The molecule has 6 rings (SSSR count). The van der Waals surface area contributed by atoms with Crippen molar-refractivity contribution >= 4 is 17.7 Å². The first-order chi connectivity index (χ1) is 14.7. The molecule has 2 unspecified atom stereocenters. The molecule has 31 heavy (non-hydrogen) atoms. The second-order valence-corrected chi connectivity index (χ2v) is 10.3. The molecule has 6 aliphatic rings. The molecule has 0 radical (unpaired) electrons. The molecule has 2 aliphatic heterocycles. The number of ether oxygens (including phenoxy) is 1. The molecular weight excluding hydrogens is 402 g/mol. The van der Waals surface area contributed by atoms with Gasteiger partial charge in [0.1, 0.15) is 0 Å². The number of amides is 3. The molecule has 0 aromatic rings. The van der Waals surface area contributed by atoms with Crippen LogP contribution in [0.15, 0.2) is 0 Å². The molecule has 9 nitrogen and oxygen atoms in total. The minimum absolute atomic E-state index is 0.0117. The Kier molecular flexibility index (Phi) is 5.06. The van der Waals surface area contributed by atoms with Gasteiger partial charge in [0.25, 0.3) is 0 Å². The van der Waals surface area contributed by atoms with Crippen LogP contribution in [0.1, 0.15) is 65.2 Å². The summed E-state index contributed by atoms with van der Waals surface area (Å²) < 4.78 is 6.68. The number of likely N-dealkylation sites (tertiary alicyclic amines) is 1. The minimum atomic E-state index is -0.768. The molecule has 2 atom stereocenters. The lowest BCUT2D eigenvalue weighted by atomic mass is 9.50. The van der Waals surface area contributed by atoms with Crippen LogP contribution in [0.5, 0.6) is 0 Å². The van der Waals surface area contributed by atoms with Gasteiger partial charge in [-0.3, -0.25) is 14.4 Å². The number of rotatable bonds is 4. The summed E-state index contributed by atoms with van der Waals surface area (Å²) in [4.78, 5) is 49.1. The second kappa shape index (κ2) is 7.42. The molecule has 9 heteroatoms. The molecule has 172 valence electrons. The van der Waals surface area contributed by atoms with Gasteiger partial charge in [0.2, 0.25) is 29.3 Å². The summed E-state index contributed by atoms with van der Waals surface area (Å²) in [6, 6.07) is 0. The van der Waals surface area contributed by atoms with Crippen LogP contribution in [0.4, 0.5) is 0 Å². The van der Waals surface area contributed by atoms with Crippen LogP contribution in [0.2, 0.25) is 0 Å². The fourth-order valence-corrected chi connectivity index (χ4v) is 6.91. The van der Waals surface area contributed by atoms with Crippen molar-refractivity contribution in [3.8, 4) is 0 Å². The fourth-order valence-electron chi connectivity index (χ4n) is 6.91. The number of carbonyl (C=O) groups is 3. The lowest BCUT2D eigenvalue weighted by Crippen LogP contribution is -2.69. The SMILES string of the molecule is CC(=O)NCCC(=O)NC12CC3CC(C1)C1(OOC4(CCN(C(C)=O)CC4)O1)C(C3)C2. The summed E-state index contributed by atoms with van der Waals surface area (Å²) in [6.07, 6.45) is 6.22. The predicted octanol–water partition coefficient (Wildman–Crippen LogP) is 1.22. The van der Waals surface area contributed by atoms with Gasteiger partial charge in [-0.2, -0.15) is 9.78 Å². The average molecular weight is 436 g/mol. The van der Waals surface area contributed by atoms with Gasteiger partial charge < -0.3 is 20.3 Å². The van der Waals surface area contributed by atoms with E-state index in [9.17, 15) is 14.4 Å². The molecule has 4 bridgehead atoms. The average Bonchev–Trinajstić information content (AvgIpc) is 3.05. The molecule has 2 spiro atoms. The van der Waals surface area contributed by atoms with Crippen molar-refractivity contribution in [1.29, 1.82) is 0 Å². The molecule has 2 saturated heterocycles. The van der Waals surface area contributed by atoms with Gasteiger partial charge in [-0.05, 0) is 38.0 Å². The van der Waals surface area contributed by atoms with Gasteiger partial charge >= 0.3 is 0 Å². The highest BCUT2D eigenvalue weighted by Crippen LogP contribution is 2.64. The highest BCUT2D eigenvalue weighted by molar-refractivity contribution is 5.78. The highest BCUT2D eigenvalue weighted by atomic mass is 17.3. The normalized spacial score (nSPS) is 39.8. The summed E-state index contributed by atoms with van der Waals surface area (Å²) >= 11 is 0. The van der Waals surface area contributed by atoms with Crippen molar-refractivity contribution in [2.75, 3.05) is 19.6 Å². The third-order valence-electron chi connectivity index (χ3n) is 8.10. The molecule has 4 saturated carbocycles. The molecule has 2 N–H and O–H groups in total. The standard InChI is InChI=1S/C22H33N3O6/c1-14(26)23-6-3-19(28)24-20-11-16-9-17(12-20)22(18(10-16)13-20)29-21(30-31-22)4-7-25(8-5-21)15(2)27/h16-18H,3-13H2,1-2H3,(H,23,26)(H,24,28). The highest BCUT2D eigenvalue weighted by Gasteiger charge is 2.70. The minimum Gasteiger partial charge on any atom is -0.356 e. The number of piperidine rings is 1. The molecule has 4 aliphatic carbocycles. The van der Waals surface area contributed by atoms with E-state index in [1.54, 1.807) is 6.92 Å². The van der Waals surface area contributed by atoms with Crippen molar-refractivity contribution in [3.63, 3.8) is 0 Å². The van der Waals surface area contributed by atoms with Gasteiger partial charge in [-0.25, -0.2) is 0 Å². The van der Waals surface area contributed by atoms with E-state index in [0.717, 1.165) is 32.1 Å². The Morgan fingerprint density at radius 2 is 1.68 bits per heavy atom. The Morgan fingerprint density at radius 1 is 1.00 bits per heavy atom. The maximum absolute atomic E-state index is 12.6. The largest absolute Gasteiger partial charge is 0.356 e. The van der Waals surface area contributed by atoms with Gasteiger partial charge in [-0.15, -0.1) is 0 Å². The number of nitrogens with zero attached hydrogens (tertiary/aromatic N) is 1. The molecular formula is C22H33N3O6. The van der Waals surface area contributed by atoms with E-state index in [0.29, 0.717) is 44.8 Å². The van der Waals surface area contributed by atoms with E-state index in [2.05, 4.69) is 10.6 Å². The summed E-state index contributed by atoms with van der Waals surface area (Å²) in [5.41, 5.74) is -0.213. The van der Waals surface area contributed by atoms with Crippen molar-refractivity contribution in [2.45, 2.75) is 82.3 Å². The Hall–Kier alpha value is -1.71. The second-order valence-electron chi connectivity index (χ2n) is 10.3. The van der Waals surface area contributed by atoms with Crippen LogP contribution in [0, 0.1) is 17.8 Å². The van der Waals surface area contributed by atoms with Gasteiger partial charge in [0.05, 0.1) is 0 Å². The maximum Gasteiger partial charge on any atom is 0.222 e. The summed E-state index contributed by atoms with van der Waals surface area (Å²) in [5, 5.41) is 5.99. The number of hydrogen-bond acceptors (Lipinski definition) is 6. The zero-order chi connectivity index (χ0) is 21.9. The van der Waals surface area contributed by atoms with Crippen LogP contribution in [0.3, 0.4) is 0 Å². The fraction of sp³-hybridized carbons (Fsp3) is 0.864. The first-order valence-electron chi connectivity index (χ1n) is 11.6. The van der Waals surface area contributed by atoms with Crippen molar-refractivity contribution < 1.29 is 28.9 Å². The zero-order valence-electron chi connectivity index (χ0n) is 18.4. The molecule has 0 aromatic carbocycles. The third-order valence-corrected chi connectivity index (χ3v) is 8.10. The first kappa shape index (κ1) is 21.2. The Bertz CT molecular complexity index is 761. The van der Waals surface area contributed by atoms with Gasteiger partial charge in [-0.1, -0.05) is 0 Å². The van der Waals surface area contributed by atoms with E-state index in [-0.39, 0.29) is 35.1 Å². The van der Waals surface area contributed by atoms with Crippen LogP contribution < -0.4 is 10.6 Å². The summed E-state index contributed by atoms with van der Waals surface area (Å²) in [6.45, 7) is 4.63. The molecule has 6 fully saturated rings. The van der Waals surface area contributed by atoms with Gasteiger partial charge in [0, 0.05) is 70.1 Å².